The molecule has 0 amide bonds. The lowest BCUT2D eigenvalue weighted by molar-refractivity contribution is 0.102. The summed E-state index contributed by atoms with van der Waals surface area (Å²) in [6.07, 6.45) is 3.29. The molecule has 0 aliphatic carbocycles. The van der Waals surface area contributed by atoms with Crippen LogP contribution in [0.5, 0.6) is 11.5 Å². The summed E-state index contributed by atoms with van der Waals surface area (Å²) in [5.74, 6) is 1.37. The molecule has 0 spiro atoms. The van der Waals surface area contributed by atoms with Crippen LogP contribution in [0.4, 0.5) is 0 Å². The van der Waals surface area contributed by atoms with Gasteiger partial charge in [0.25, 0.3) is 0 Å². The van der Waals surface area contributed by atoms with Crippen LogP contribution in [-0.2, 0) is 6.42 Å². The zero-order valence-corrected chi connectivity index (χ0v) is 11.6. The fourth-order valence-corrected chi connectivity index (χ4v) is 1.87. The molecule has 2 rings (SSSR count). The predicted octanol–water partition coefficient (Wildman–Crippen LogP) is 3.21. The first-order valence-electron chi connectivity index (χ1n) is 6.28. The molecule has 0 N–H and O–H groups in total. The maximum absolute atomic E-state index is 12.0. The van der Waals surface area contributed by atoms with Gasteiger partial charge in [-0.1, -0.05) is 18.2 Å². The molecule has 2 aromatic rings. The fraction of sp³-hybridized carbons (Fsp3) is 0.176. The van der Waals surface area contributed by atoms with Crippen molar-refractivity contribution in [2.75, 3.05) is 14.2 Å². The number of ether oxygens (including phenoxy) is 2. The second-order valence-electron chi connectivity index (χ2n) is 4.22. The highest BCUT2D eigenvalue weighted by Gasteiger charge is 2.09. The van der Waals surface area contributed by atoms with Crippen molar-refractivity contribution in [2.24, 2.45) is 0 Å². The molecule has 0 aliphatic heterocycles. The van der Waals surface area contributed by atoms with E-state index in [1.165, 1.54) is 0 Å². The average molecular weight is 268 g/mol. The van der Waals surface area contributed by atoms with E-state index in [0.717, 1.165) is 17.1 Å². The van der Waals surface area contributed by atoms with Crippen LogP contribution in [0.2, 0.25) is 0 Å². The van der Waals surface area contributed by atoms with Gasteiger partial charge >= 0.3 is 0 Å². The number of carbonyl (C=O) groups is 1. The Morgan fingerprint density at radius 3 is 2.35 bits per heavy atom. The molecule has 0 saturated heterocycles. The van der Waals surface area contributed by atoms with Gasteiger partial charge in [0.2, 0.25) is 0 Å². The number of rotatable bonds is 6. The minimum atomic E-state index is -0.126. The topological polar surface area (TPSA) is 35.5 Å². The molecule has 20 heavy (non-hydrogen) atoms. The second-order valence-corrected chi connectivity index (χ2v) is 4.22. The third kappa shape index (κ3) is 3.38. The van der Waals surface area contributed by atoms with Crippen molar-refractivity contribution >= 4 is 5.78 Å². The Morgan fingerprint density at radius 2 is 1.70 bits per heavy atom. The normalized spacial score (nSPS) is 10.1. The van der Waals surface area contributed by atoms with Crippen LogP contribution < -0.4 is 9.47 Å². The summed E-state index contributed by atoms with van der Waals surface area (Å²) in [5.41, 5.74) is 1.54. The zero-order chi connectivity index (χ0) is 14.4. The minimum absolute atomic E-state index is 0.126. The number of hydrogen-bond acceptors (Lipinski definition) is 3. The largest absolute Gasteiger partial charge is 0.497 e. The number of para-hydroxylation sites is 1. The van der Waals surface area contributed by atoms with E-state index in [0.29, 0.717) is 12.0 Å². The van der Waals surface area contributed by atoms with Gasteiger partial charge in [-0.3, -0.25) is 4.79 Å². The molecule has 0 aromatic heterocycles. The standard InChI is InChI=1S/C17H16O3/c1-19-15-10-7-13(8-11-15)16(18)12-9-14-5-3-4-6-17(14)20-2/h3-8,10-11H,9H2,1-2H3. The Kier molecular flexibility index (Phi) is 4.77. The van der Waals surface area contributed by atoms with Crippen molar-refractivity contribution in [3.8, 4) is 11.5 Å². The maximum Gasteiger partial charge on any atom is 0.171 e. The molecule has 0 heterocycles. The minimum Gasteiger partial charge on any atom is -0.497 e. The van der Waals surface area contributed by atoms with Crippen LogP contribution in [0.3, 0.4) is 0 Å². The van der Waals surface area contributed by atoms with E-state index >= 15 is 0 Å². The smallest absolute Gasteiger partial charge is 0.171 e. The van der Waals surface area contributed by atoms with E-state index in [4.69, 9.17) is 9.47 Å². The molecule has 3 nitrogen and oxygen atoms in total. The first-order valence-corrected chi connectivity index (χ1v) is 6.28. The van der Waals surface area contributed by atoms with E-state index in [1.54, 1.807) is 38.5 Å². The van der Waals surface area contributed by atoms with Crippen LogP contribution in [0, 0.1) is 6.42 Å². The molecule has 102 valence electrons. The van der Waals surface area contributed by atoms with Gasteiger partial charge in [0, 0.05) is 5.56 Å². The third-order valence-corrected chi connectivity index (χ3v) is 2.98. The second kappa shape index (κ2) is 6.75. The molecular formula is C17H16O3. The van der Waals surface area contributed by atoms with Crippen LogP contribution in [0.1, 0.15) is 15.9 Å². The van der Waals surface area contributed by atoms with Gasteiger partial charge in [-0.2, -0.15) is 0 Å². The molecule has 0 atom stereocenters. The van der Waals surface area contributed by atoms with Gasteiger partial charge in [-0.25, -0.2) is 0 Å². The van der Waals surface area contributed by atoms with E-state index < -0.39 is 0 Å². The van der Waals surface area contributed by atoms with Crippen LogP contribution >= 0.6 is 0 Å². The Balaban J connectivity index is 2.01. The van der Waals surface area contributed by atoms with Gasteiger partial charge in [0.05, 0.1) is 20.6 Å². The van der Waals surface area contributed by atoms with Gasteiger partial charge in [-0.05, 0) is 42.3 Å². The van der Waals surface area contributed by atoms with E-state index in [1.807, 2.05) is 24.3 Å². The first kappa shape index (κ1) is 14.1. The summed E-state index contributed by atoms with van der Waals surface area (Å²) in [4.78, 5) is 12.0. The van der Waals surface area contributed by atoms with Gasteiger partial charge in [0.15, 0.2) is 5.78 Å². The number of benzene rings is 2. The third-order valence-electron chi connectivity index (χ3n) is 2.98. The van der Waals surface area contributed by atoms with Crippen LogP contribution in [-0.4, -0.2) is 20.0 Å². The zero-order valence-electron chi connectivity index (χ0n) is 11.6. The lowest BCUT2D eigenvalue weighted by Crippen LogP contribution is -2.03. The molecule has 0 saturated carbocycles. The van der Waals surface area contributed by atoms with Crippen LogP contribution in [0.25, 0.3) is 0 Å². The molecule has 3 heteroatoms. The number of Topliss-reactive ketones (excluding diaryl/α,β-unsaturated/α-hetero) is 1. The first-order chi connectivity index (χ1) is 9.74. The van der Waals surface area contributed by atoms with E-state index in [2.05, 4.69) is 6.42 Å². The van der Waals surface area contributed by atoms with Gasteiger partial charge in [0.1, 0.15) is 11.5 Å². The fourth-order valence-electron chi connectivity index (χ4n) is 1.87. The lowest BCUT2D eigenvalue weighted by atomic mass is 10.0. The van der Waals surface area contributed by atoms with Crippen molar-refractivity contribution in [3.63, 3.8) is 0 Å². The highest BCUT2D eigenvalue weighted by atomic mass is 16.5. The van der Waals surface area contributed by atoms with Gasteiger partial charge < -0.3 is 9.47 Å². The van der Waals surface area contributed by atoms with Gasteiger partial charge in [-0.15, -0.1) is 0 Å². The van der Waals surface area contributed by atoms with Crippen molar-refractivity contribution in [1.29, 1.82) is 0 Å². The quantitative estimate of drug-likeness (QED) is 0.755. The summed E-state index contributed by atoms with van der Waals surface area (Å²) in [6.45, 7) is 0. The van der Waals surface area contributed by atoms with Crippen molar-refractivity contribution in [2.45, 2.75) is 6.42 Å². The monoisotopic (exact) mass is 268 g/mol. The molecule has 2 radical (unpaired) electrons. The number of carbonyl (C=O) groups excluding carboxylic acids is 1. The average Bonchev–Trinajstić information content (AvgIpc) is 2.53. The highest BCUT2D eigenvalue weighted by molar-refractivity contribution is 6.02. The predicted molar refractivity (Wildman–Crippen MR) is 77.3 cm³/mol. The van der Waals surface area contributed by atoms with E-state index in [9.17, 15) is 4.79 Å². The number of ketones is 1. The Morgan fingerprint density at radius 1 is 1.00 bits per heavy atom. The molecule has 2 aromatic carbocycles. The summed E-state index contributed by atoms with van der Waals surface area (Å²) in [7, 11) is 3.21. The molecule has 0 aliphatic rings. The number of methoxy groups -OCH3 is 2. The summed E-state index contributed by atoms with van der Waals surface area (Å²) >= 11 is 0. The van der Waals surface area contributed by atoms with Crippen LogP contribution in [0.15, 0.2) is 48.5 Å². The Labute approximate surface area is 119 Å². The maximum atomic E-state index is 12.0. The molecule has 0 fully saturated rings. The summed E-state index contributed by atoms with van der Waals surface area (Å²) in [6, 6.07) is 14.6. The molecular weight excluding hydrogens is 252 g/mol. The summed E-state index contributed by atoms with van der Waals surface area (Å²) in [5, 5.41) is 0. The number of hydrogen-bond donors (Lipinski definition) is 0. The Bertz CT molecular complexity index is 573. The highest BCUT2D eigenvalue weighted by Crippen LogP contribution is 2.20. The lowest BCUT2D eigenvalue weighted by Gasteiger charge is -2.07. The SMILES string of the molecule is COc1ccc(C(=O)[C]Cc2ccccc2OC)cc1. The summed E-state index contributed by atoms with van der Waals surface area (Å²) < 4.78 is 10.3. The molecule has 0 unspecified atom stereocenters. The van der Waals surface area contributed by atoms with Crippen molar-refractivity contribution in [1.82, 2.24) is 0 Å². The van der Waals surface area contributed by atoms with E-state index in [-0.39, 0.29) is 5.78 Å². The molecule has 0 bridgehead atoms. The van der Waals surface area contributed by atoms with Crippen molar-refractivity contribution < 1.29 is 14.3 Å². The van der Waals surface area contributed by atoms with Crippen molar-refractivity contribution in [3.05, 3.63) is 66.1 Å². The Hall–Kier alpha value is -2.29.